The predicted octanol–water partition coefficient (Wildman–Crippen LogP) is 5.09. The number of fused-ring (bicyclic) bond motifs is 2. The van der Waals surface area contributed by atoms with Gasteiger partial charge >= 0.3 is 5.97 Å². The SMILES string of the molecule is CCN1/C(=C/C(C)=C/C2=[N+](CCCCCC(=O)ON3C(=O)CCC3=O)c3ccc(S(=O)(=O)O)cc3C2(C)CCOCCOCCOCCOC)C(C)(CCCS(=O)(=O)O)c2cc(S(=O)(=O)O)ccc21. The summed E-state index contributed by atoms with van der Waals surface area (Å²) in [4.78, 5) is 42.9. The quantitative estimate of drug-likeness (QED) is 0.0434. The number of nitrogens with zero attached hydrogens (tertiary/aromatic N) is 3. The van der Waals surface area contributed by atoms with Gasteiger partial charge in [0.25, 0.3) is 42.2 Å². The van der Waals surface area contributed by atoms with Crippen LogP contribution in [0.1, 0.15) is 96.6 Å². The number of unbranched alkanes of at least 4 members (excludes halogenated alkanes) is 2. The summed E-state index contributed by atoms with van der Waals surface area (Å²) in [5.74, 6) is -2.41. The van der Waals surface area contributed by atoms with E-state index >= 15 is 0 Å². The molecule has 20 nitrogen and oxygen atoms in total. The maximum atomic E-state index is 12.6. The third-order valence-corrected chi connectivity index (χ3v) is 15.0. The lowest BCUT2D eigenvalue weighted by molar-refractivity contribution is -0.438. The molecule has 5 rings (SSSR count). The summed E-state index contributed by atoms with van der Waals surface area (Å²) in [6.07, 6.45) is 5.66. The number of hydrogen-bond donors (Lipinski definition) is 3. The van der Waals surface area contributed by atoms with Crippen molar-refractivity contribution in [3.05, 3.63) is 70.9 Å². The van der Waals surface area contributed by atoms with Crippen molar-refractivity contribution in [3.8, 4) is 0 Å². The zero-order valence-corrected chi connectivity index (χ0v) is 42.1. The maximum absolute atomic E-state index is 12.6. The van der Waals surface area contributed by atoms with Gasteiger partial charge in [-0.25, -0.2) is 4.79 Å². The molecule has 0 radical (unpaired) electrons. The van der Waals surface area contributed by atoms with E-state index in [2.05, 4.69) is 0 Å². The number of hydrogen-bond acceptors (Lipinski definition) is 15. The molecule has 3 aliphatic rings. The number of imide groups is 1. The van der Waals surface area contributed by atoms with Crippen molar-refractivity contribution >= 4 is 65.2 Å². The van der Waals surface area contributed by atoms with Gasteiger partial charge < -0.3 is 28.7 Å². The van der Waals surface area contributed by atoms with Gasteiger partial charge in [0.1, 0.15) is 6.54 Å². The summed E-state index contributed by atoms with van der Waals surface area (Å²) >= 11 is 0. The van der Waals surface area contributed by atoms with Crippen LogP contribution in [0, 0.1) is 0 Å². The first kappa shape index (κ1) is 55.5. The minimum absolute atomic E-state index is 0.0105. The van der Waals surface area contributed by atoms with Crippen LogP contribution in [0.3, 0.4) is 0 Å². The fraction of sp³-hybridized carbons (Fsp3) is 0.565. The average molecular weight is 1030 g/mol. The molecule has 1 saturated heterocycles. The van der Waals surface area contributed by atoms with Gasteiger partial charge in [-0.15, -0.1) is 5.06 Å². The minimum atomic E-state index is -4.64. The van der Waals surface area contributed by atoms with Crippen molar-refractivity contribution in [2.75, 3.05) is 77.1 Å². The Balaban J connectivity index is 1.53. The van der Waals surface area contributed by atoms with Crippen LogP contribution in [0.2, 0.25) is 0 Å². The van der Waals surface area contributed by atoms with E-state index in [-0.39, 0.29) is 61.7 Å². The van der Waals surface area contributed by atoms with Crippen LogP contribution in [-0.2, 0) is 79.4 Å². The highest BCUT2D eigenvalue weighted by Crippen LogP contribution is 2.52. The summed E-state index contributed by atoms with van der Waals surface area (Å²) in [5, 5.41) is 0.511. The summed E-state index contributed by atoms with van der Waals surface area (Å²) in [6.45, 7) is 10.7. The molecule has 2 aromatic rings. The standard InChI is InChI=1S/C46H63N3O17S3/c1-6-47-38-14-12-34(68(56,57)58)31-36(38)45(3,18-10-28-67(53,54)55)40(47)29-33(2)30-41-46(4,19-21-63-24-25-65-27-26-64-23-22-62-5)37-32-35(69(59,60)61)13-15-39(37)48(41)20-9-7-8-11-44(52)66-49-42(50)16-17-43(49)51/h12-15,29-32H,6-11,16-28H2,1-5H3,(H2-,53,54,55,56,57,58,59,60,61)/p+1. The van der Waals surface area contributed by atoms with Crippen LogP contribution in [-0.4, -0.2) is 144 Å². The Bertz CT molecular complexity index is 2650. The molecule has 69 heavy (non-hydrogen) atoms. The second kappa shape index (κ2) is 23.7. The Kier molecular flexibility index (Phi) is 19.0. The van der Waals surface area contributed by atoms with Gasteiger partial charge in [-0.1, -0.05) is 0 Å². The summed E-state index contributed by atoms with van der Waals surface area (Å²) in [7, 11) is -12.0. The van der Waals surface area contributed by atoms with E-state index in [0.29, 0.717) is 104 Å². The Morgan fingerprint density at radius 2 is 1.33 bits per heavy atom. The zero-order chi connectivity index (χ0) is 50.8. The lowest BCUT2D eigenvalue weighted by atomic mass is 9.75. The third kappa shape index (κ3) is 14.1. The van der Waals surface area contributed by atoms with Gasteiger partial charge in [0.15, 0.2) is 5.71 Å². The van der Waals surface area contributed by atoms with Gasteiger partial charge in [-0.2, -0.15) is 29.8 Å². The number of benzene rings is 2. The number of allylic oxidation sites excluding steroid dienone is 4. The number of carbonyl (C=O) groups is 3. The summed E-state index contributed by atoms with van der Waals surface area (Å²) < 4.78 is 128. The fourth-order valence-corrected chi connectivity index (χ4v) is 10.5. The molecule has 2 atom stereocenters. The fourth-order valence-electron chi connectivity index (χ4n) is 8.98. The molecule has 0 aliphatic carbocycles. The van der Waals surface area contributed by atoms with E-state index in [1.807, 2.05) is 49.3 Å². The average Bonchev–Trinajstić information content (AvgIpc) is 3.80. The first-order valence-corrected chi connectivity index (χ1v) is 27.2. The van der Waals surface area contributed by atoms with Crippen LogP contribution < -0.4 is 4.90 Å². The number of carbonyl (C=O) groups excluding carboxylic acids is 3. The molecular weight excluding hydrogens is 963 g/mol. The van der Waals surface area contributed by atoms with Gasteiger partial charge in [-0.3, -0.25) is 23.2 Å². The first-order valence-electron chi connectivity index (χ1n) is 22.8. The summed E-state index contributed by atoms with van der Waals surface area (Å²) in [5.41, 5.74) is 2.57. The number of methoxy groups -OCH3 is 1. The highest BCUT2D eigenvalue weighted by Gasteiger charge is 2.49. The molecule has 2 amide bonds. The summed E-state index contributed by atoms with van der Waals surface area (Å²) in [6, 6.07) is 8.65. The minimum Gasteiger partial charge on any atom is -0.382 e. The van der Waals surface area contributed by atoms with Crippen LogP contribution in [0.4, 0.5) is 11.4 Å². The molecule has 3 heterocycles. The van der Waals surface area contributed by atoms with Crippen molar-refractivity contribution in [2.24, 2.45) is 0 Å². The second-order valence-corrected chi connectivity index (χ2v) is 21.9. The van der Waals surface area contributed by atoms with E-state index in [4.69, 9.17) is 23.8 Å². The predicted molar refractivity (Wildman–Crippen MR) is 252 cm³/mol. The highest BCUT2D eigenvalue weighted by atomic mass is 32.2. The lowest BCUT2D eigenvalue weighted by Gasteiger charge is -2.30. The molecule has 1 fully saturated rings. The Labute approximate surface area is 404 Å². The number of likely N-dealkylation sites (N-methyl/N-ethyl adjacent to an activating group) is 1. The topological polar surface area (TPSA) is 270 Å². The normalized spacial score (nSPS) is 20.4. The van der Waals surface area contributed by atoms with Gasteiger partial charge in [0.2, 0.25) is 5.69 Å². The molecule has 3 aliphatic heterocycles. The number of rotatable bonds is 28. The molecule has 0 bridgehead atoms. The van der Waals surface area contributed by atoms with Crippen LogP contribution in [0.25, 0.3) is 0 Å². The molecule has 3 N–H and O–H groups in total. The molecule has 0 saturated carbocycles. The number of anilines is 1. The van der Waals surface area contributed by atoms with E-state index in [1.165, 1.54) is 24.3 Å². The van der Waals surface area contributed by atoms with Crippen molar-refractivity contribution in [1.82, 2.24) is 5.06 Å². The highest BCUT2D eigenvalue weighted by molar-refractivity contribution is 7.86. The Morgan fingerprint density at radius 1 is 0.754 bits per heavy atom. The lowest BCUT2D eigenvalue weighted by Crippen LogP contribution is -2.33. The largest absolute Gasteiger partial charge is 0.382 e. The van der Waals surface area contributed by atoms with E-state index in [1.54, 1.807) is 19.2 Å². The Hall–Kier alpha value is -4.43. The number of amides is 2. The van der Waals surface area contributed by atoms with Crippen LogP contribution in [0.15, 0.2) is 69.6 Å². The van der Waals surface area contributed by atoms with Crippen LogP contribution in [0.5, 0.6) is 0 Å². The zero-order valence-electron chi connectivity index (χ0n) is 39.7. The molecule has 23 heteroatoms. The van der Waals surface area contributed by atoms with Crippen molar-refractivity contribution < 1.29 is 81.7 Å². The van der Waals surface area contributed by atoms with E-state index in [9.17, 15) is 53.3 Å². The van der Waals surface area contributed by atoms with Gasteiger partial charge in [0.05, 0.1) is 60.6 Å². The first-order chi connectivity index (χ1) is 32.4. The second-order valence-electron chi connectivity index (χ2n) is 17.5. The monoisotopic (exact) mass is 1030 g/mol. The molecular formula is C46H64N3O17S3+. The molecule has 0 aromatic heterocycles. The Morgan fingerprint density at radius 3 is 1.91 bits per heavy atom. The number of hydroxylamine groups is 2. The molecule has 2 unspecified atom stereocenters. The van der Waals surface area contributed by atoms with Crippen molar-refractivity contribution in [2.45, 2.75) is 106 Å². The van der Waals surface area contributed by atoms with Crippen molar-refractivity contribution in [3.63, 3.8) is 0 Å². The van der Waals surface area contributed by atoms with E-state index in [0.717, 1.165) is 5.71 Å². The van der Waals surface area contributed by atoms with E-state index < -0.39 is 64.7 Å². The maximum Gasteiger partial charge on any atom is 0.333 e. The van der Waals surface area contributed by atoms with Gasteiger partial charge in [0, 0.05) is 80.4 Å². The van der Waals surface area contributed by atoms with Crippen LogP contribution >= 0.6 is 0 Å². The number of ether oxygens (including phenoxy) is 4. The third-order valence-electron chi connectivity index (χ3n) is 12.5. The van der Waals surface area contributed by atoms with Gasteiger partial charge in [-0.05, 0) is 107 Å². The van der Waals surface area contributed by atoms with Crippen molar-refractivity contribution in [1.29, 1.82) is 0 Å². The molecule has 382 valence electrons. The smallest absolute Gasteiger partial charge is 0.333 e. The molecule has 2 aromatic carbocycles. The molecule has 0 spiro atoms.